The van der Waals surface area contributed by atoms with E-state index in [4.69, 9.17) is 0 Å². The van der Waals surface area contributed by atoms with E-state index < -0.39 is 10.0 Å². The number of hydrogen-bond donors (Lipinski definition) is 2. The first-order valence-electron chi connectivity index (χ1n) is 7.69. The lowest BCUT2D eigenvalue weighted by molar-refractivity contribution is 0.482. The zero-order chi connectivity index (χ0) is 15.6. The van der Waals surface area contributed by atoms with Crippen molar-refractivity contribution in [1.82, 2.24) is 14.6 Å². The van der Waals surface area contributed by atoms with Gasteiger partial charge >= 0.3 is 0 Å². The van der Waals surface area contributed by atoms with Crippen LogP contribution in [0.2, 0.25) is 0 Å². The largest absolute Gasteiger partial charge is 0.352 e. The third kappa shape index (κ3) is 4.83. The van der Waals surface area contributed by atoms with E-state index in [-0.39, 0.29) is 6.04 Å². The second-order valence-electron chi connectivity index (χ2n) is 6.59. The molecule has 0 aliphatic heterocycles. The molecule has 0 spiro atoms. The summed E-state index contributed by atoms with van der Waals surface area (Å²) in [5, 5.41) is 3.41. The highest BCUT2D eigenvalue weighted by molar-refractivity contribution is 7.89. The summed E-state index contributed by atoms with van der Waals surface area (Å²) < 4.78 is 29.4. The van der Waals surface area contributed by atoms with Crippen LogP contribution >= 0.6 is 0 Å². The third-order valence-corrected chi connectivity index (χ3v) is 5.28. The van der Waals surface area contributed by atoms with Gasteiger partial charge in [0, 0.05) is 37.6 Å². The van der Waals surface area contributed by atoms with Crippen LogP contribution in [0, 0.1) is 5.92 Å². The van der Waals surface area contributed by atoms with Gasteiger partial charge in [-0.25, -0.2) is 13.1 Å². The molecule has 21 heavy (non-hydrogen) atoms. The number of sulfonamides is 1. The fourth-order valence-electron chi connectivity index (χ4n) is 2.52. The number of nitrogens with zero attached hydrogens (tertiary/aromatic N) is 1. The topological polar surface area (TPSA) is 63.1 Å². The van der Waals surface area contributed by atoms with Gasteiger partial charge in [-0.1, -0.05) is 13.8 Å². The van der Waals surface area contributed by atoms with Gasteiger partial charge in [0.15, 0.2) is 0 Å². The fraction of sp³-hybridized carbons (Fsp3) is 0.733. The number of nitrogens with one attached hydrogen (secondary N) is 2. The molecule has 0 radical (unpaired) electrons. The van der Waals surface area contributed by atoms with E-state index in [9.17, 15) is 8.42 Å². The molecule has 2 N–H and O–H groups in total. The Morgan fingerprint density at radius 1 is 1.33 bits per heavy atom. The van der Waals surface area contributed by atoms with Crippen LogP contribution in [0.3, 0.4) is 0 Å². The van der Waals surface area contributed by atoms with E-state index >= 15 is 0 Å². The molecular weight excluding hydrogens is 286 g/mol. The molecule has 1 aromatic heterocycles. The predicted molar refractivity (Wildman–Crippen MR) is 84.5 cm³/mol. The van der Waals surface area contributed by atoms with Crippen LogP contribution < -0.4 is 10.0 Å². The highest BCUT2D eigenvalue weighted by atomic mass is 32.2. The zero-order valence-electron chi connectivity index (χ0n) is 13.4. The Labute approximate surface area is 128 Å². The molecule has 0 bridgehead atoms. The Kier molecular flexibility index (Phi) is 5.11. The quantitative estimate of drug-likeness (QED) is 0.771. The predicted octanol–water partition coefficient (Wildman–Crippen LogP) is 1.99. The fourth-order valence-corrected chi connectivity index (χ4v) is 3.87. The molecule has 1 aliphatic rings. The van der Waals surface area contributed by atoms with Crippen LogP contribution in [0.25, 0.3) is 0 Å². The van der Waals surface area contributed by atoms with Crippen molar-refractivity contribution >= 4 is 10.0 Å². The average molecular weight is 313 g/mol. The number of aryl methyl sites for hydroxylation is 1. The van der Waals surface area contributed by atoms with Gasteiger partial charge in [-0.3, -0.25) is 0 Å². The van der Waals surface area contributed by atoms with Crippen LogP contribution in [0.1, 0.15) is 45.7 Å². The van der Waals surface area contributed by atoms with Gasteiger partial charge in [0.25, 0.3) is 0 Å². The molecule has 120 valence electrons. The maximum Gasteiger partial charge on any atom is 0.242 e. The molecule has 1 aromatic rings. The van der Waals surface area contributed by atoms with Crippen LogP contribution in [0.15, 0.2) is 17.2 Å². The molecule has 1 saturated carbocycles. The second kappa shape index (κ2) is 6.50. The van der Waals surface area contributed by atoms with Crippen molar-refractivity contribution in [2.24, 2.45) is 13.0 Å². The average Bonchev–Trinajstić information content (AvgIpc) is 3.08. The van der Waals surface area contributed by atoms with Gasteiger partial charge < -0.3 is 9.88 Å². The maximum absolute atomic E-state index is 12.4. The number of rotatable bonds is 8. The Morgan fingerprint density at radius 3 is 2.57 bits per heavy atom. The molecule has 1 heterocycles. The molecule has 1 atom stereocenters. The highest BCUT2D eigenvalue weighted by Crippen LogP contribution is 2.20. The molecule has 1 unspecified atom stereocenters. The van der Waals surface area contributed by atoms with Gasteiger partial charge in [-0.15, -0.1) is 0 Å². The van der Waals surface area contributed by atoms with E-state index in [0.717, 1.165) is 18.7 Å². The maximum atomic E-state index is 12.4. The third-order valence-electron chi connectivity index (χ3n) is 3.72. The molecular formula is C15H27N3O2S. The summed E-state index contributed by atoms with van der Waals surface area (Å²) in [6.07, 6.45) is 4.98. The van der Waals surface area contributed by atoms with Crippen molar-refractivity contribution in [3.05, 3.63) is 18.0 Å². The normalized spacial score (nSPS) is 17.4. The summed E-state index contributed by atoms with van der Waals surface area (Å²) in [6, 6.07) is 2.33. The first-order valence-corrected chi connectivity index (χ1v) is 9.17. The zero-order valence-corrected chi connectivity index (χ0v) is 14.2. The lowest BCUT2D eigenvalue weighted by Crippen LogP contribution is -2.33. The summed E-state index contributed by atoms with van der Waals surface area (Å²) >= 11 is 0. The Hall–Kier alpha value is -0.850. The first-order chi connectivity index (χ1) is 9.78. The SMILES string of the molecule is CC(C)CC(C)NS(=O)(=O)c1cc(CNC2CC2)n(C)c1. The molecule has 5 nitrogen and oxygen atoms in total. The summed E-state index contributed by atoms with van der Waals surface area (Å²) in [6.45, 7) is 6.82. The minimum absolute atomic E-state index is 0.0526. The molecule has 2 rings (SSSR count). The molecule has 0 amide bonds. The molecule has 6 heteroatoms. The lowest BCUT2D eigenvalue weighted by atomic mass is 10.1. The second-order valence-corrected chi connectivity index (χ2v) is 8.30. The summed E-state index contributed by atoms with van der Waals surface area (Å²) in [4.78, 5) is 0.355. The molecule has 1 fully saturated rings. The Balaban J connectivity index is 2.03. The number of aromatic nitrogens is 1. The molecule has 0 saturated heterocycles. The van der Waals surface area contributed by atoms with E-state index in [1.54, 1.807) is 12.3 Å². The number of hydrogen-bond acceptors (Lipinski definition) is 3. The van der Waals surface area contributed by atoms with Gasteiger partial charge in [-0.2, -0.15) is 0 Å². The lowest BCUT2D eigenvalue weighted by Gasteiger charge is -2.15. The van der Waals surface area contributed by atoms with E-state index in [2.05, 4.69) is 23.9 Å². The van der Waals surface area contributed by atoms with Crippen molar-refractivity contribution in [1.29, 1.82) is 0 Å². The van der Waals surface area contributed by atoms with Gasteiger partial charge in [0.2, 0.25) is 10.0 Å². The first kappa shape index (κ1) is 16.5. The van der Waals surface area contributed by atoms with Crippen LogP contribution in [0.5, 0.6) is 0 Å². The van der Waals surface area contributed by atoms with E-state index in [1.807, 2.05) is 18.5 Å². The standard InChI is InChI=1S/C15H27N3O2S/c1-11(2)7-12(3)17-21(19,20)15-8-14(18(4)10-15)9-16-13-5-6-13/h8,10-13,16-17H,5-7,9H2,1-4H3. The molecule has 0 aromatic carbocycles. The van der Waals surface area contributed by atoms with Gasteiger partial charge in [-0.05, 0) is 38.2 Å². The van der Waals surface area contributed by atoms with Crippen molar-refractivity contribution < 1.29 is 8.42 Å². The van der Waals surface area contributed by atoms with Crippen molar-refractivity contribution in [2.75, 3.05) is 0 Å². The van der Waals surface area contributed by atoms with Crippen LogP contribution in [-0.2, 0) is 23.6 Å². The minimum atomic E-state index is -3.43. The van der Waals surface area contributed by atoms with E-state index in [0.29, 0.717) is 16.9 Å². The van der Waals surface area contributed by atoms with Crippen molar-refractivity contribution in [3.8, 4) is 0 Å². The molecule has 1 aliphatic carbocycles. The van der Waals surface area contributed by atoms with Crippen LogP contribution in [-0.4, -0.2) is 25.1 Å². The van der Waals surface area contributed by atoms with Gasteiger partial charge in [0.1, 0.15) is 0 Å². The van der Waals surface area contributed by atoms with Crippen molar-refractivity contribution in [3.63, 3.8) is 0 Å². The Bertz CT molecular complexity index is 574. The smallest absolute Gasteiger partial charge is 0.242 e. The highest BCUT2D eigenvalue weighted by Gasteiger charge is 2.23. The summed E-state index contributed by atoms with van der Waals surface area (Å²) in [7, 11) is -1.54. The summed E-state index contributed by atoms with van der Waals surface area (Å²) in [5.41, 5.74) is 0.999. The van der Waals surface area contributed by atoms with E-state index in [1.165, 1.54) is 12.8 Å². The monoisotopic (exact) mass is 313 g/mol. The minimum Gasteiger partial charge on any atom is -0.352 e. The van der Waals surface area contributed by atoms with Gasteiger partial charge in [0.05, 0.1) is 4.90 Å². The Morgan fingerprint density at radius 2 is 2.00 bits per heavy atom. The summed E-state index contributed by atoms with van der Waals surface area (Å²) in [5.74, 6) is 0.469. The van der Waals surface area contributed by atoms with Crippen molar-refractivity contribution in [2.45, 2.75) is 63.6 Å². The van der Waals surface area contributed by atoms with Crippen LogP contribution in [0.4, 0.5) is 0 Å².